The zero-order valence-corrected chi connectivity index (χ0v) is 11.6. The van der Waals surface area contributed by atoms with Crippen LogP contribution in [0.2, 0.25) is 0 Å². The molecule has 94 valence electrons. The average molecular weight is 272 g/mol. The number of carbonyl (C=O) groups excluding carboxylic acids is 1. The van der Waals surface area contributed by atoms with Gasteiger partial charge in [-0.15, -0.1) is 11.8 Å². The summed E-state index contributed by atoms with van der Waals surface area (Å²) in [5.74, 6) is 0.618. The van der Waals surface area contributed by atoms with Crippen molar-refractivity contribution in [3.05, 3.63) is 35.9 Å². The van der Waals surface area contributed by atoms with Crippen LogP contribution in [0, 0.1) is 0 Å². The smallest absolute Gasteiger partial charge is 0.175 e. The predicted octanol–water partition coefficient (Wildman–Crippen LogP) is 2.04. The van der Waals surface area contributed by atoms with Gasteiger partial charge in [0.15, 0.2) is 5.78 Å². The minimum atomic E-state index is -2.94. The van der Waals surface area contributed by atoms with Crippen LogP contribution in [0.4, 0.5) is 0 Å². The van der Waals surface area contributed by atoms with Crippen molar-refractivity contribution in [2.45, 2.75) is 12.2 Å². The Morgan fingerprint density at radius 1 is 1.29 bits per heavy atom. The molecule has 0 heterocycles. The molecule has 1 unspecified atom stereocenters. The second kappa shape index (κ2) is 6.21. The van der Waals surface area contributed by atoms with Gasteiger partial charge in [0.2, 0.25) is 0 Å². The van der Waals surface area contributed by atoms with E-state index in [2.05, 4.69) is 0 Å². The third kappa shape index (κ3) is 5.37. The number of ketones is 1. The summed E-state index contributed by atoms with van der Waals surface area (Å²) in [7, 11) is -2.94. The minimum absolute atomic E-state index is 0.0455. The lowest BCUT2D eigenvalue weighted by atomic mass is 10.1. The number of Topliss-reactive ketones (excluding diaryl/α,β-unsaturated/α-hetero) is 1. The number of carbonyl (C=O) groups is 1. The van der Waals surface area contributed by atoms with Gasteiger partial charge in [0, 0.05) is 17.6 Å². The third-order valence-electron chi connectivity index (χ3n) is 2.25. The molecule has 0 bridgehead atoms. The highest BCUT2D eigenvalue weighted by molar-refractivity contribution is 8.01. The molecule has 0 saturated carbocycles. The first-order valence-electron chi connectivity index (χ1n) is 5.29. The van der Waals surface area contributed by atoms with E-state index >= 15 is 0 Å². The van der Waals surface area contributed by atoms with Gasteiger partial charge in [-0.2, -0.15) is 0 Å². The maximum absolute atomic E-state index is 11.9. The van der Waals surface area contributed by atoms with E-state index in [9.17, 15) is 13.2 Å². The van der Waals surface area contributed by atoms with Crippen LogP contribution in [0.25, 0.3) is 0 Å². The Morgan fingerprint density at radius 3 is 2.41 bits per heavy atom. The van der Waals surface area contributed by atoms with Crippen LogP contribution in [-0.4, -0.2) is 37.2 Å². The predicted molar refractivity (Wildman–Crippen MR) is 72.4 cm³/mol. The number of hydrogen-bond donors (Lipinski definition) is 0. The summed E-state index contributed by atoms with van der Waals surface area (Å²) in [6.45, 7) is 1.81. The molecule has 0 saturated heterocycles. The third-order valence-corrected chi connectivity index (χ3v) is 4.61. The lowest BCUT2D eigenvalue weighted by molar-refractivity contribution is 0.0994. The first-order valence-corrected chi connectivity index (χ1v) is 8.39. The number of rotatable bonds is 6. The van der Waals surface area contributed by atoms with Crippen LogP contribution < -0.4 is 0 Å². The molecule has 0 spiro atoms. The van der Waals surface area contributed by atoms with Gasteiger partial charge in [0.1, 0.15) is 9.84 Å². The summed E-state index contributed by atoms with van der Waals surface area (Å²) < 4.78 is 21.9. The maximum Gasteiger partial charge on any atom is 0.175 e. The summed E-state index contributed by atoms with van der Waals surface area (Å²) in [5, 5.41) is -0.209. The topological polar surface area (TPSA) is 51.2 Å². The zero-order chi connectivity index (χ0) is 12.9. The molecular formula is C12H16O3S2. The summed E-state index contributed by atoms with van der Waals surface area (Å²) in [6.07, 6.45) is 1.21. The second-order valence-corrected chi connectivity index (χ2v) is 7.58. The number of sulfone groups is 1. The van der Waals surface area contributed by atoms with Crippen molar-refractivity contribution in [3.63, 3.8) is 0 Å². The molecule has 17 heavy (non-hydrogen) atoms. The van der Waals surface area contributed by atoms with Crippen molar-refractivity contribution in [1.29, 1.82) is 0 Å². The fourth-order valence-electron chi connectivity index (χ4n) is 1.29. The highest BCUT2D eigenvalue weighted by Crippen LogP contribution is 2.16. The van der Waals surface area contributed by atoms with Crippen LogP contribution in [0.1, 0.15) is 17.3 Å². The molecule has 0 aromatic heterocycles. The first-order chi connectivity index (χ1) is 7.90. The number of thioether (sulfide) groups is 1. The van der Waals surface area contributed by atoms with E-state index in [4.69, 9.17) is 0 Å². The summed E-state index contributed by atoms with van der Waals surface area (Å²) in [4.78, 5) is 11.9. The molecule has 1 aromatic rings. The zero-order valence-electron chi connectivity index (χ0n) is 9.92. The summed E-state index contributed by atoms with van der Waals surface area (Å²) >= 11 is 1.38. The van der Waals surface area contributed by atoms with E-state index in [1.165, 1.54) is 18.0 Å². The molecule has 0 aliphatic carbocycles. The van der Waals surface area contributed by atoms with E-state index < -0.39 is 9.84 Å². The molecule has 0 amide bonds. The normalized spacial score (nSPS) is 13.3. The standard InChI is InChI=1S/C12H16O3S2/c1-10(16-8-9-17(2,14)15)12(13)11-6-4-3-5-7-11/h3-7,10H,8-9H2,1-2H3. The molecule has 0 aliphatic heterocycles. The SMILES string of the molecule is CC(SCCS(C)(=O)=O)C(=O)c1ccccc1. The molecule has 1 atom stereocenters. The molecule has 0 N–H and O–H groups in total. The Bertz CT molecular complexity index is 466. The van der Waals surface area contributed by atoms with Crippen LogP contribution >= 0.6 is 11.8 Å². The van der Waals surface area contributed by atoms with Gasteiger partial charge in [-0.3, -0.25) is 4.79 Å². The monoisotopic (exact) mass is 272 g/mol. The Balaban J connectivity index is 2.49. The highest BCUT2D eigenvalue weighted by atomic mass is 32.2. The average Bonchev–Trinajstić information content (AvgIpc) is 2.27. The van der Waals surface area contributed by atoms with Gasteiger partial charge in [-0.05, 0) is 6.92 Å². The molecule has 0 radical (unpaired) electrons. The number of benzene rings is 1. The maximum atomic E-state index is 11.9. The lowest BCUT2D eigenvalue weighted by Crippen LogP contribution is -2.16. The van der Waals surface area contributed by atoms with Crippen LogP contribution in [0.15, 0.2) is 30.3 Å². The van der Waals surface area contributed by atoms with E-state index in [0.29, 0.717) is 11.3 Å². The molecule has 3 nitrogen and oxygen atoms in total. The lowest BCUT2D eigenvalue weighted by Gasteiger charge is -2.09. The molecule has 1 aromatic carbocycles. The first kappa shape index (κ1) is 14.3. The molecule has 0 fully saturated rings. The summed E-state index contributed by atoms with van der Waals surface area (Å²) in [6, 6.07) is 9.05. The molecule has 0 aliphatic rings. The fourth-order valence-corrected chi connectivity index (χ4v) is 3.53. The van der Waals surface area contributed by atoms with Gasteiger partial charge in [-0.1, -0.05) is 30.3 Å². The molecule has 5 heteroatoms. The van der Waals surface area contributed by atoms with Crippen molar-refractivity contribution in [2.24, 2.45) is 0 Å². The molecular weight excluding hydrogens is 256 g/mol. The van der Waals surface area contributed by atoms with Gasteiger partial charge >= 0.3 is 0 Å². The highest BCUT2D eigenvalue weighted by Gasteiger charge is 2.15. The second-order valence-electron chi connectivity index (χ2n) is 3.87. The van der Waals surface area contributed by atoms with Gasteiger partial charge in [0.25, 0.3) is 0 Å². The Labute approximate surface area is 107 Å². The van der Waals surface area contributed by atoms with Crippen molar-refractivity contribution >= 4 is 27.4 Å². The number of hydrogen-bond acceptors (Lipinski definition) is 4. The summed E-state index contributed by atoms with van der Waals surface area (Å²) in [5.41, 5.74) is 0.673. The Morgan fingerprint density at radius 2 is 1.88 bits per heavy atom. The quantitative estimate of drug-likeness (QED) is 0.744. The van der Waals surface area contributed by atoms with Crippen molar-refractivity contribution in [1.82, 2.24) is 0 Å². The van der Waals surface area contributed by atoms with Crippen molar-refractivity contribution in [2.75, 3.05) is 17.8 Å². The largest absolute Gasteiger partial charge is 0.293 e. The van der Waals surface area contributed by atoms with E-state index in [0.717, 1.165) is 0 Å². The fraction of sp³-hybridized carbons (Fsp3) is 0.417. The Hall–Kier alpha value is -0.810. The van der Waals surface area contributed by atoms with Crippen LogP contribution in [0.5, 0.6) is 0 Å². The van der Waals surface area contributed by atoms with Crippen LogP contribution in [-0.2, 0) is 9.84 Å². The van der Waals surface area contributed by atoms with E-state index in [-0.39, 0.29) is 16.8 Å². The Kier molecular flexibility index (Phi) is 5.21. The van der Waals surface area contributed by atoms with E-state index in [1.807, 2.05) is 25.1 Å². The van der Waals surface area contributed by atoms with Gasteiger partial charge in [-0.25, -0.2) is 8.42 Å². The van der Waals surface area contributed by atoms with Gasteiger partial charge < -0.3 is 0 Å². The minimum Gasteiger partial charge on any atom is -0.293 e. The van der Waals surface area contributed by atoms with Crippen LogP contribution in [0.3, 0.4) is 0 Å². The van der Waals surface area contributed by atoms with Crippen molar-refractivity contribution in [3.8, 4) is 0 Å². The van der Waals surface area contributed by atoms with Crippen molar-refractivity contribution < 1.29 is 13.2 Å². The van der Waals surface area contributed by atoms with E-state index in [1.54, 1.807) is 12.1 Å². The van der Waals surface area contributed by atoms with Gasteiger partial charge in [0.05, 0.1) is 11.0 Å². The molecule has 1 rings (SSSR count).